The van der Waals surface area contributed by atoms with Crippen molar-refractivity contribution in [3.63, 3.8) is 0 Å². The number of pyridine rings is 1. The van der Waals surface area contributed by atoms with E-state index >= 15 is 0 Å². The Morgan fingerprint density at radius 3 is 3.12 bits per heavy atom. The standard InChI is InChI=1S/C11H12N2O4/c1-2-17-11(14)9-6-8(9)10-5-7(13(15)16)3-4-12-10/h3-5,8-9H,2,6H2,1H3/t8-,9-/m0/s1. The van der Waals surface area contributed by atoms with Crippen LogP contribution >= 0.6 is 0 Å². The lowest BCUT2D eigenvalue weighted by atomic mass is 10.2. The first kappa shape index (κ1) is 11.5. The number of rotatable bonds is 4. The minimum atomic E-state index is -0.465. The second kappa shape index (κ2) is 4.48. The fourth-order valence-electron chi connectivity index (χ4n) is 1.78. The molecule has 1 aliphatic rings. The second-order valence-corrected chi connectivity index (χ2v) is 3.90. The molecule has 17 heavy (non-hydrogen) atoms. The molecule has 0 amide bonds. The van der Waals surface area contributed by atoms with E-state index in [2.05, 4.69) is 4.98 Å². The number of hydrogen-bond acceptors (Lipinski definition) is 5. The Bertz CT molecular complexity index is 461. The smallest absolute Gasteiger partial charge is 0.309 e. The molecule has 0 aromatic carbocycles. The van der Waals surface area contributed by atoms with E-state index in [-0.39, 0.29) is 23.5 Å². The molecule has 2 atom stereocenters. The lowest BCUT2D eigenvalue weighted by molar-refractivity contribution is -0.385. The monoisotopic (exact) mass is 236 g/mol. The lowest BCUT2D eigenvalue weighted by Crippen LogP contribution is -2.07. The van der Waals surface area contributed by atoms with E-state index in [4.69, 9.17) is 4.74 Å². The molecule has 1 saturated carbocycles. The lowest BCUT2D eigenvalue weighted by Gasteiger charge is -2.00. The Morgan fingerprint density at radius 2 is 2.47 bits per heavy atom. The van der Waals surface area contributed by atoms with Gasteiger partial charge in [0.25, 0.3) is 5.69 Å². The van der Waals surface area contributed by atoms with Crippen molar-refractivity contribution < 1.29 is 14.5 Å². The molecule has 0 N–H and O–H groups in total. The van der Waals surface area contributed by atoms with Crippen LogP contribution in [0.25, 0.3) is 0 Å². The van der Waals surface area contributed by atoms with Gasteiger partial charge < -0.3 is 4.74 Å². The van der Waals surface area contributed by atoms with E-state index in [0.717, 1.165) is 0 Å². The van der Waals surface area contributed by atoms with Gasteiger partial charge in [0.1, 0.15) is 0 Å². The van der Waals surface area contributed by atoms with Crippen LogP contribution in [-0.4, -0.2) is 22.5 Å². The maximum Gasteiger partial charge on any atom is 0.309 e. The van der Waals surface area contributed by atoms with E-state index in [1.54, 1.807) is 6.92 Å². The highest BCUT2D eigenvalue weighted by Crippen LogP contribution is 2.47. The third-order valence-electron chi connectivity index (χ3n) is 2.74. The normalized spacial score (nSPS) is 21.9. The maximum atomic E-state index is 11.4. The van der Waals surface area contributed by atoms with Crippen molar-refractivity contribution in [1.29, 1.82) is 0 Å². The number of nitrogens with zero attached hydrogens (tertiary/aromatic N) is 2. The summed E-state index contributed by atoms with van der Waals surface area (Å²) in [5.41, 5.74) is 0.599. The fourth-order valence-corrected chi connectivity index (χ4v) is 1.78. The van der Waals surface area contributed by atoms with Crippen LogP contribution in [0.1, 0.15) is 25.0 Å². The van der Waals surface area contributed by atoms with Gasteiger partial charge in [-0.3, -0.25) is 19.9 Å². The average molecular weight is 236 g/mol. The Balaban J connectivity index is 2.08. The van der Waals surface area contributed by atoms with Crippen LogP contribution in [0.15, 0.2) is 18.3 Å². The predicted octanol–water partition coefficient (Wildman–Crippen LogP) is 1.66. The van der Waals surface area contributed by atoms with E-state index in [1.165, 1.54) is 18.3 Å². The molecule has 1 aromatic heterocycles. The molecule has 90 valence electrons. The molecule has 1 heterocycles. The van der Waals surface area contributed by atoms with Crippen LogP contribution in [-0.2, 0) is 9.53 Å². The first-order valence-electron chi connectivity index (χ1n) is 5.40. The first-order chi connectivity index (χ1) is 8.13. The van der Waals surface area contributed by atoms with Crippen molar-refractivity contribution in [1.82, 2.24) is 4.98 Å². The molecule has 0 saturated heterocycles. The van der Waals surface area contributed by atoms with Gasteiger partial charge in [-0.05, 0) is 13.3 Å². The number of ether oxygens (including phenoxy) is 1. The summed E-state index contributed by atoms with van der Waals surface area (Å²) in [4.78, 5) is 25.6. The summed E-state index contributed by atoms with van der Waals surface area (Å²) >= 11 is 0. The van der Waals surface area contributed by atoms with Gasteiger partial charge in [-0.1, -0.05) is 0 Å². The van der Waals surface area contributed by atoms with Gasteiger partial charge in [0.2, 0.25) is 0 Å². The predicted molar refractivity (Wildman–Crippen MR) is 58.4 cm³/mol. The van der Waals surface area contributed by atoms with Crippen molar-refractivity contribution in [2.24, 2.45) is 5.92 Å². The summed E-state index contributed by atoms with van der Waals surface area (Å²) in [6, 6.07) is 2.76. The van der Waals surface area contributed by atoms with Gasteiger partial charge in [0.15, 0.2) is 0 Å². The van der Waals surface area contributed by atoms with Gasteiger partial charge in [-0.2, -0.15) is 0 Å². The Hall–Kier alpha value is -1.98. The quantitative estimate of drug-likeness (QED) is 0.451. The number of carbonyl (C=O) groups is 1. The van der Waals surface area contributed by atoms with E-state index in [1.807, 2.05) is 0 Å². The topological polar surface area (TPSA) is 82.3 Å². The molecule has 0 radical (unpaired) electrons. The minimum Gasteiger partial charge on any atom is -0.466 e. The number of nitro groups is 1. The molecule has 1 fully saturated rings. The zero-order chi connectivity index (χ0) is 12.4. The molecular formula is C11H12N2O4. The zero-order valence-electron chi connectivity index (χ0n) is 9.33. The molecule has 0 unspecified atom stereocenters. The SMILES string of the molecule is CCOC(=O)[C@H]1C[C@@H]1c1cc([N+](=O)[O-])ccn1. The Morgan fingerprint density at radius 1 is 1.71 bits per heavy atom. The van der Waals surface area contributed by atoms with E-state index in [0.29, 0.717) is 18.7 Å². The molecule has 6 nitrogen and oxygen atoms in total. The van der Waals surface area contributed by atoms with Gasteiger partial charge in [0.05, 0.1) is 23.1 Å². The number of carbonyl (C=O) groups excluding carboxylic acids is 1. The van der Waals surface area contributed by atoms with Crippen LogP contribution in [0.3, 0.4) is 0 Å². The van der Waals surface area contributed by atoms with Gasteiger partial charge >= 0.3 is 5.97 Å². The van der Waals surface area contributed by atoms with Gasteiger partial charge in [-0.15, -0.1) is 0 Å². The number of hydrogen-bond donors (Lipinski definition) is 0. The number of aromatic nitrogens is 1. The summed E-state index contributed by atoms with van der Waals surface area (Å²) in [6.45, 7) is 2.10. The molecule has 6 heteroatoms. The minimum absolute atomic E-state index is 0.00417. The Labute approximate surface area is 97.8 Å². The third-order valence-corrected chi connectivity index (χ3v) is 2.74. The van der Waals surface area contributed by atoms with Crippen molar-refractivity contribution in [2.75, 3.05) is 6.61 Å². The van der Waals surface area contributed by atoms with Gasteiger partial charge in [-0.25, -0.2) is 0 Å². The molecule has 1 aromatic rings. The average Bonchev–Trinajstić information content (AvgIpc) is 3.09. The molecule has 0 bridgehead atoms. The molecule has 1 aliphatic carbocycles. The highest BCUT2D eigenvalue weighted by atomic mass is 16.6. The Kier molecular flexibility index (Phi) is 3.03. The third kappa shape index (κ3) is 2.41. The van der Waals surface area contributed by atoms with Crippen LogP contribution in [0.5, 0.6) is 0 Å². The molecular weight excluding hydrogens is 224 g/mol. The number of esters is 1. The molecule has 0 aliphatic heterocycles. The van der Waals surface area contributed by atoms with E-state index in [9.17, 15) is 14.9 Å². The summed E-state index contributed by atoms with van der Waals surface area (Å²) in [7, 11) is 0. The summed E-state index contributed by atoms with van der Waals surface area (Å²) in [6.07, 6.45) is 2.06. The summed E-state index contributed by atoms with van der Waals surface area (Å²) in [5.74, 6) is -0.468. The van der Waals surface area contributed by atoms with Crippen LogP contribution in [0.2, 0.25) is 0 Å². The summed E-state index contributed by atoms with van der Waals surface area (Å²) < 4.78 is 4.89. The molecule has 2 rings (SSSR count). The van der Waals surface area contributed by atoms with Crippen molar-refractivity contribution in [3.8, 4) is 0 Å². The zero-order valence-corrected chi connectivity index (χ0v) is 9.33. The van der Waals surface area contributed by atoms with Gasteiger partial charge in [0, 0.05) is 24.2 Å². The largest absolute Gasteiger partial charge is 0.466 e. The van der Waals surface area contributed by atoms with Crippen molar-refractivity contribution in [2.45, 2.75) is 19.3 Å². The highest BCUT2D eigenvalue weighted by molar-refractivity contribution is 5.77. The second-order valence-electron chi connectivity index (χ2n) is 3.90. The van der Waals surface area contributed by atoms with Crippen molar-refractivity contribution >= 4 is 11.7 Å². The molecule has 0 spiro atoms. The fraction of sp³-hybridized carbons (Fsp3) is 0.455. The van der Waals surface area contributed by atoms with Crippen LogP contribution < -0.4 is 0 Å². The first-order valence-corrected chi connectivity index (χ1v) is 5.40. The van der Waals surface area contributed by atoms with E-state index < -0.39 is 4.92 Å². The highest BCUT2D eigenvalue weighted by Gasteiger charge is 2.46. The van der Waals surface area contributed by atoms with Crippen molar-refractivity contribution in [3.05, 3.63) is 34.1 Å². The maximum absolute atomic E-state index is 11.4. The van der Waals surface area contributed by atoms with Crippen LogP contribution in [0.4, 0.5) is 5.69 Å². The summed E-state index contributed by atoms with van der Waals surface area (Å²) in [5, 5.41) is 10.6. The van der Waals surface area contributed by atoms with Crippen LogP contribution in [0, 0.1) is 16.0 Å².